The van der Waals surface area contributed by atoms with Gasteiger partial charge in [0, 0.05) is 11.5 Å². The first-order valence-electron chi connectivity index (χ1n) is 7.95. The van der Waals surface area contributed by atoms with Gasteiger partial charge in [0.25, 0.3) is 0 Å². The molecule has 1 aliphatic rings. The molecule has 1 fully saturated rings. The van der Waals surface area contributed by atoms with Crippen molar-refractivity contribution in [1.82, 2.24) is 0 Å². The second kappa shape index (κ2) is 8.60. The number of ether oxygens (including phenoxy) is 2. The number of methoxy groups -OCH3 is 1. The fourth-order valence-electron chi connectivity index (χ4n) is 2.52. The lowest BCUT2D eigenvalue weighted by Gasteiger charge is -2.10. The number of carbonyl (C=O) groups is 2. The molecular weight excluding hydrogens is 375 g/mol. The van der Waals surface area contributed by atoms with Crippen molar-refractivity contribution in [3.63, 3.8) is 0 Å². The molecule has 1 aliphatic heterocycles. The van der Waals surface area contributed by atoms with Gasteiger partial charge in [-0.3, -0.25) is 4.79 Å². The third kappa shape index (κ3) is 4.40. The maximum Gasteiger partial charge on any atom is 0.338 e. The zero-order chi connectivity index (χ0) is 18.5. The zero-order valence-electron chi connectivity index (χ0n) is 14.1. The van der Waals surface area contributed by atoms with Crippen molar-refractivity contribution in [1.29, 1.82) is 0 Å². The third-order valence-electron chi connectivity index (χ3n) is 3.84. The summed E-state index contributed by atoms with van der Waals surface area (Å²) in [4.78, 5) is 24.4. The summed E-state index contributed by atoms with van der Waals surface area (Å²) in [5, 5.41) is 0. The lowest BCUT2D eigenvalue weighted by Crippen LogP contribution is -2.15. The van der Waals surface area contributed by atoms with Crippen molar-refractivity contribution in [2.24, 2.45) is 0 Å². The van der Waals surface area contributed by atoms with E-state index < -0.39 is 24.2 Å². The van der Waals surface area contributed by atoms with Crippen LogP contribution in [0.2, 0.25) is 0 Å². The number of Topliss-reactive ketones (excluding diaryl/α,β-unsaturated/α-hetero) is 1. The number of ketones is 1. The molecule has 0 atom stereocenters. The van der Waals surface area contributed by atoms with Gasteiger partial charge in [-0.1, -0.05) is 12.1 Å². The monoisotopic (exact) mass is 392 g/mol. The second-order valence-corrected chi connectivity index (χ2v) is 8.26. The molecule has 0 bridgehead atoms. The van der Waals surface area contributed by atoms with Crippen LogP contribution in [0.25, 0.3) is 0 Å². The lowest BCUT2D eigenvalue weighted by molar-refractivity contribution is 0.0474. The van der Waals surface area contributed by atoms with Crippen molar-refractivity contribution in [3.8, 4) is 5.75 Å². The highest BCUT2D eigenvalue weighted by Gasteiger charge is 2.19. The fraction of sp³-hybridized carbons (Fsp3) is 0.263. The Balaban J connectivity index is 1.61. The molecule has 0 aromatic heterocycles. The SMILES string of the molecule is COc1ccc(F)cc1C(=O)COC(=O)c1ccc(C2SCCS2)cc1. The average molecular weight is 392 g/mol. The fourth-order valence-corrected chi connectivity index (χ4v) is 5.38. The maximum absolute atomic E-state index is 13.4. The molecule has 0 unspecified atom stereocenters. The van der Waals surface area contributed by atoms with Crippen LogP contribution in [-0.4, -0.2) is 37.0 Å². The Hall–Kier alpha value is -1.99. The summed E-state index contributed by atoms with van der Waals surface area (Å²) in [7, 11) is 1.39. The number of rotatable bonds is 6. The molecule has 7 heteroatoms. The Labute approximate surface area is 159 Å². The van der Waals surface area contributed by atoms with Gasteiger partial charge in [0.1, 0.15) is 11.6 Å². The van der Waals surface area contributed by atoms with Crippen LogP contribution in [0, 0.1) is 5.82 Å². The molecule has 26 heavy (non-hydrogen) atoms. The molecule has 2 aromatic rings. The molecule has 0 saturated carbocycles. The minimum atomic E-state index is -0.591. The molecule has 0 spiro atoms. The topological polar surface area (TPSA) is 52.6 Å². The predicted octanol–water partition coefficient (Wildman–Crippen LogP) is 4.35. The van der Waals surface area contributed by atoms with E-state index >= 15 is 0 Å². The van der Waals surface area contributed by atoms with E-state index in [2.05, 4.69) is 0 Å². The van der Waals surface area contributed by atoms with E-state index in [1.54, 1.807) is 12.1 Å². The molecule has 4 nitrogen and oxygen atoms in total. The molecule has 0 radical (unpaired) electrons. The molecule has 3 rings (SSSR count). The summed E-state index contributed by atoms with van der Waals surface area (Å²) in [5.74, 6) is 0.828. The molecule has 2 aromatic carbocycles. The summed E-state index contributed by atoms with van der Waals surface area (Å²) in [5.41, 5.74) is 1.58. The number of carbonyl (C=O) groups excluding carboxylic acids is 2. The predicted molar refractivity (Wildman–Crippen MR) is 102 cm³/mol. The minimum absolute atomic E-state index is 0.0472. The van der Waals surface area contributed by atoms with Crippen molar-refractivity contribution in [2.45, 2.75) is 4.58 Å². The smallest absolute Gasteiger partial charge is 0.338 e. The van der Waals surface area contributed by atoms with Crippen molar-refractivity contribution in [2.75, 3.05) is 25.2 Å². The average Bonchev–Trinajstić information content (AvgIpc) is 3.20. The molecule has 0 amide bonds. The summed E-state index contributed by atoms with van der Waals surface area (Å²) < 4.78 is 23.9. The number of thioether (sulfide) groups is 2. The van der Waals surface area contributed by atoms with Crippen molar-refractivity contribution in [3.05, 3.63) is 65.0 Å². The molecule has 1 saturated heterocycles. The molecular formula is C19H17FO4S2. The Bertz CT molecular complexity index is 802. The summed E-state index contributed by atoms with van der Waals surface area (Å²) in [6, 6.07) is 10.8. The third-order valence-corrected chi connectivity index (χ3v) is 6.94. The summed E-state index contributed by atoms with van der Waals surface area (Å²) in [6.45, 7) is -0.477. The number of halogens is 1. The van der Waals surface area contributed by atoms with Gasteiger partial charge >= 0.3 is 5.97 Å². The largest absolute Gasteiger partial charge is 0.496 e. The Morgan fingerprint density at radius 2 is 1.81 bits per heavy atom. The van der Waals surface area contributed by atoms with E-state index in [0.29, 0.717) is 10.1 Å². The van der Waals surface area contributed by atoms with Crippen LogP contribution in [0.1, 0.15) is 30.9 Å². The first-order chi connectivity index (χ1) is 12.6. The lowest BCUT2D eigenvalue weighted by atomic mass is 10.1. The highest BCUT2D eigenvalue weighted by molar-refractivity contribution is 8.19. The van der Waals surface area contributed by atoms with E-state index in [4.69, 9.17) is 9.47 Å². The first-order valence-corrected chi connectivity index (χ1v) is 10.1. The van der Waals surface area contributed by atoms with Gasteiger partial charge in [0.2, 0.25) is 5.78 Å². The van der Waals surface area contributed by atoms with Gasteiger partial charge in [-0.2, -0.15) is 0 Å². The Kier molecular flexibility index (Phi) is 6.21. The van der Waals surface area contributed by atoms with Gasteiger partial charge in [-0.05, 0) is 35.9 Å². The number of hydrogen-bond donors (Lipinski definition) is 0. The van der Waals surface area contributed by atoms with E-state index in [1.165, 1.54) is 19.2 Å². The Morgan fingerprint density at radius 1 is 1.12 bits per heavy atom. The summed E-state index contributed by atoms with van der Waals surface area (Å²) in [6.07, 6.45) is 0. The van der Waals surface area contributed by atoms with Crippen LogP contribution in [0.15, 0.2) is 42.5 Å². The van der Waals surface area contributed by atoms with Crippen LogP contribution in [0.4, 0.5) is 4.39 Å². The van der Waals surface area contributed by atoms with Crippen LogP contribution in [0.5, 0.6) is 5.75 Å². The van der Waals surface area contributed by atoms with Crippen molar-refractivity contribution >= 4 is 35.3 Å². The van der Waals surface area contributed by atoms with Crippen LogP contribution >= 0.6 is 23.5 Å². The zero-order valence-corrected chi connectivity index (χ0v) is 15.7. The minimum Gasteiger partial charge on any atom is -0.496 e. The molecule has 1 heterocycles. The van der Waals surface area contributed by atoms with E-state index in [1.807, 2.05) is 35.7 Å². The van der Waals surface area contributed by atoms with Gasteiger partial charge in [0.15, 0.2) is 6.61 Å². The van der Waals surface area contributed by atoms with Crippen molar-refractivity contribution < 1.29 is 23.5 Å². The summed E-state index contributed by atoms with van der Waals surface area (Å²) >= 11 is 3.77. The Morgan fingerprint density at radius 3 is 2.46 bits per heavy atom. The molecule has 0 N–H and O–H groups in total. The van der Waals surface area contributed by atoms with Gasteiger partial charge in [-0.25, -0.2) is 9.18 Å². The van der Waals surface area contributed by atoms with Crippen LogP contribution in [0.3, 0.4) is 0 Å². The number of benzene rings is 2. The van der Waals surface area contributed by atoms with Gasteiger partial charge in [-0.15, -0.1) is 23.5 Å². The highest BCUT2D eigenvalue weighted by atomic mass is 32.2. The maximum atomic E-state index is 13.4. The quantitative estimate of drug-likeness (QED) is 0.538. The normalized spacial score (nSPS) is 14.2. The first kappa shape index (κ1) is 18.8. The highest BCUT2D eigenvalue weighted by Crippen LogP contribution is 2.45. The van der Waals surface area contributed by atoms with Crippen LogP contribution < -0.4 is 4.74 Å². The number of esters is 1. The molecule has 136 valence electrons. The van der Waals surface area contributed by atoms with Gasteiger partial charge in [0.05, 0.1) is 22.8 Å². The standard InChI is InChI=1S/C19H17FO4S2/c1-23-17-7-6-14(20)10-15(17)16(21)11-24-18(22)12-2-4-13(5-3-12)19-25-8-9-26-19/h2-7,10,19H,8-9,11H2,1H3. The number of hydrogen-bond acceptors (Lipinski definition) is 6. The van der Waals surface area contributed by atoms with Crippen LogP contribution in [-0.2, 0) is 4.74 Å². The van der Waals surface area contributed by atoms with E-state index in [0.717, 1.165) is 23.1 Å². The van der Waals surface area contributed by atoms with E-state index in [-0.39, 0.29) is 11.3 Å². The van der Waals surface area contributed by atoms with E-state index in [9.17, 15) is 14.0 Å². The second-order valence-electron chi connectivity index (χ2n) is 5.54. The molecule has 0 aliphatic carbocycles. The van der Waals surface area contributed by atoms with Gasteiger partial charge < -0.3 is 9.47 Å².